The van der Waals surface area contributed by atoms with Gasteiger partial charge in [-0.15, -0.1) is 5.06 Å². The van der Waals surface area contributed by atoms with Gasteiger partial charge in [0.2, 0.25) is 0 Å². The number of ether oxygens (including phenoxy) is 1. The summed E-state index contributed by atoms with van der Waals surface area (Å²) in [6, 6.07) is 0. The van der Waals surface area contributed by atoms with Crippen LogP contribution in [0.1, 0.15) is 51.5 Å². The van der Waals surface area contributed by atoms with Crippen molar-refractivity contribution in [3.63, 3.8) is 0 Å². The SMILES string of the molecule is CCCCCN(O)[C@@]1(O)[C@@](O)(F)[C@@H](CO)O[C@]1(O)n1cc(C(C)C)c(=O)[nH]c1=O. The van der Waals surface area contributed by atoms with Crippen LogP contribution in [0.5, 0.6) is 0 Å². The summed E-state index contributed by atoms with van der Waals surface area (Å²) in [4.78, 5) is 26.3. The van der Waals surface area contributed by atoms with Gasteiger partial charge in [0.1, 0.15) is 6.10 Å². The Labute approximate surface area is 165 Å². The van der Waals surface area contributed by atoms with E-state index >= 15 is 4.39 Å². The molecule has 0 aromatic carbocycles. The topological polar surface area (TPSA) is 168 Å². The van der Waals surface area contributed by atoms with E-state index in [1.807, 2.05) is 11.9 Å². The van der Waals surface area contributed by atoms with E-state index in [9.17, 15) is 35.2 Å². The van der Waals surface area contributed by atoms with Crippen molar-refractivity contribution in [2.75, 3.05) is 13.2 Å². The first-order valence-corrected chi connectivity index (χ1v) is 9.36. The highest BCUT2D eigenvalue weighted by atomic mass is 19.2. The maximum absolute atomic E-state index is 15.2. The lowest BCUT2D eigenvalue weighted by molar-refractivity contribution is -0.433. The van der Waals surface area contributed by atoms with Crippen LogP contribution < -0.4 is 11.2 Å². The van der Waals surface area contributed by atoms with E-state index in [0.717, 1.165) is 6.20 Å². The van der Waals surface area contributed by atoms with Crippen molar-refractivity contribution in [1.82, 2.24) is 14.6 Å². The number of aromatic nitrogens is 2. The van der Waals surface area contributed by atoms with Gasteiger partial charge in [0.15, 0.2) is 0 Å². The van der Waals surface area contributed by atoms with Crippen molar-refractivity contribution in [3.05, 3.63) is 32.6 Å². The number of halogens is 1. The Morgan fingerprint density at radius 1 is 1.31 bits per heavy atom. The molecule has 0 amide bonds. The fourth-order valence-electron chi connectivity index (χ4n) is 3.34. The van der Waals surface area contributed by atoms with Crippen molar-refractivity contribution in [2.45, 2.75) is 69.5 Å². The van der Waals surface area contributed by atoms with Gasteiger partial charge in [0, 0.05) is 18.3 Å². The molecule has 2 heterocycles. The number of aliphatic hydroxyl groups is 4. The Bertz CT molecular complexity index is 841. The highest BCUT2D eigenvalue weighted by Crippen LogP contribution is 2.50. The quantitative estimate of drug-likeness (QED) is 0.173. The minimum Gasteiger partial charge on any atom is -0.393 e. The van der Waals surface area contributed by atoms with Crippen molar-refractivity contribution < 1.29 is 34.8 Å². The van der Waals surface area contributed by atoms with Crippen LogP contribution in [-0.4, -0.2) is 71.1 Å². The summed E-state index contributed by atoms with van der Waals surface area (Å²) in [7, 11) is 0. The summed E-state index contributed by atoms with van der Waals surface area (Å²) in [5, 5.41) is 52.0. The molecule has 0 saturated carbocycles. The Kier molecular flexibility index (Phi) is 6.69. The fraction of sp³-hybridized carbons (Fsp3) is 0.765. The van der Waals surface area contributed by atoms with Crippen LogP contribution in [0.3, 0.4) is 0 Å². The molecule has 0 aliphatic carbocycles. The molecule has 2 rings (SSSR count). The maximum Gasteiger partial charge on any atom is 0.332 e. The van der Waals surface area contributed by atoms with Crippen LogP contribution in [0.4, 0.5) is 4.39 Å². The first kappa shape index (κ1) is 23.6. The number of hydrogen-bond donors (Lipinski definition) is 6. The summed E-state index contributed by atoms with van der Waals surface area (Å²) in [5.41, 5.74) is -5.70. The van der Waals surface area contributed by atoms with E-state index in [1.54, 1.807) is 13.8 Å². The molecule has 1 aliphatic heterocycles. The number of alkyl halides is 1. The van der Waals surface area contributed by atoms with Crippen LogP contribution in [0.15, 0.2) is 15.8 Å². The second-order valence-corrected chi connectivity index (χ2v) is 7.44. The Hall–Kier alpha value is -1.67. The summed E-state index contributed by atoms with van der Waals surface area (Å²) >= 11 is 0. The highest BCUT2D eigenvalue weighted by molar-refractivity contribution is 5.14. The van der Waals surface area contributed by atoms with Gasteiger partial charge in [-0.3, -0.25) is 9.78 Å². The monoisotopic (exact) mass is 421 g/mol. The smallest absolute Gasteiger partial charge is 0.332 e. The Balaban J connectivity index is 2.71. The minimum atomic E-state index is -3.90. The lowest BCUT2D eigenvalue weighted by Crippen LogP contribution is -2.72. The van der Waals surface area contributed by atoms with Gasteiger partial charge in [-0.05, 0) is 12.3 Å². The molecule has 1 fully saturated rings. The van der Waals surface area contributed by atoms with E-state index in [0.29, 0.717) is 12.8 Å². The van der Waals surface area contributed by atoms with Crippen LogP contribution in [-0.2, 0) is 10.6 Å². The maximum atomic E-state index is 15.2. The van der Waals surface area contributed by atoms with Crippen LogP contribution >= 0.6 is 0 Å². The van der Waals surface area contributed by atoms with Crippen LogP contribution in [0.25, 0.3) is 0 Å². The molecule has 29 heavy (non-hydrogen) atoms. The largest absolute Gasteiger partial charge is 0.393 e. The summed E-state index contributed by atoms with van der Waals surface area (Å²) in [6.07, 6.45) is 0.134. The first-order valence-electron chi connectivity index (χ1n) is 9.36. The molecule has 0 unspecified atom stereocenters. The van der Waals surface area contributed by atoms with Crippen LogP contribution in [0.2, 0.25) is 0 Å². The number of hydrogen-bond acceptors (Lipinski definition) is 9. The Morgan fingerprint density at radius 2 is 1.93 bits per heavy atom. The predicted molar refractivity (Wildman–Crippen MR) is 96.6 cm³/mol. The molecular weight excluding hydrogens is 393 g/mol. The zero-order valence-corrected chi connectivity index (χ0v) is 16.5. The van der Waals surface area contributed by atoms with Gasteiger partial charge in [-0.1, -0.05) is 33.6 Å². The predicted octanol–water partition coefficient (Wildman–Crippen LogP) is -1.12. The second-order valence-electron chi connectivity index (χ2n) is 7.44. The standard InChI is InChI=1S/C17H28FN3O8/c1-4-5-6-7-21(28)16(26)15(18,25)12(9-22)29-17(16,27)20-8-11(10(2)3)13(23)19-14(20)24/h8,10,12,22,25-28H,4-7,9H2,1-3H3,(H,19,23,24)/t12-,15-,16-,17+/m1/s1. The highest BCUT2D eigenvalue weighted by Gasteiger charge is 2.79. The molecule has 6 N–H and O–H groups in total. The number of nitrogens with zero attached hydrogens (tertiary/aromatic N) is 2. The van der Waals surface area contributed by atoms with E-state index in [-0.39, 0.29) is 21.6 Å². The number of rotatable bonds is 8. The molecule has 1 aliphatic rings. The average molecular weight is 421 g/mol. The third-order valence-electron chi connectivity index (χ3n) is 5.11. The van der Waals surface area contributed by atoms with E-state index in [2.05, 4.69) is 0 Å². The van der Waals surface area contributed by atoms with Crippen molar-refractivity contribution in [2.24, 2.45) is 0 Å². The average Bonchev–Trinajstić information content (AvgIpc) is 2.79. The first-order chi connectivity index (χ1) is 13.4. The number of nitrogens with one attached hydrogen (secondary N) is 1. The Morgan fingerprint density at radius 3 is 2.45 bits per heavy atom. The minimum absolute atomic E-state index is 0.0192. The van der Waals surface area contributed by atoms with Gasteiger partial charge in [0.25, 0.3) is 17.1 Å². The number of unbranched alkanes of at least 4 members (excludes halogenated alkanes) is 2. The summed E-state index contributed by atoms with van der Waals surface area (Å²) < 4.78 is 20.4. The molecule has 166 valence electrons. The second kappa shape index (κ2) is 8.22. The zero-order valence-electron chi connectivity index (χ0n) is 16.5. The van der Waals surface area contributed by atoms with Crippen molar-refractivity contribution >= 4 is 0 Å². The molecule has 12 heteroatoms. The van der Waals surface area contributed by atoms with Gasteiger partial charge < -0.3 is 30.4 Å². The number of aliphatic hydroxyl groups excluding tert-OH is 1. The van der Waals surface area contributed by atoms with Crippen molar-refractivity contribution in [1.29, 1.82) is 0 Å². The van der Waals surface area contributed by atoms with Crippen LogP contribution in [0, 0.1) is 0 Å². The summed E-state index contributed by atoms with van der Waals surface area (Å²) in [5.74, 6) is -7.74. The lowest BCUT2D eigenvalue weighted by Gasteiger charge is -2.43. The molecule has 1 saturated heterocycles. The number of H-pyrrole nitrogens is 1. The molecule has 0 spiro atoms. The zero-order chi connectivity index (χ0) is 22.2. The van der Waals surface area contributed by atoms with E-state index < -0.39 is 53.9 Å². The van der Waals surface area contributed by atoms with Gasteiger partial charge in [-0.2, -0.15) is 0 Å². The molecule has 4 atom stereocenters. The third-order valence-corrected chi connectivity index (χ3v) is 5.11. The molecular formula is C17H28FN3O8. The molecule has 0 bridgehead atoms. The molecule has 11 nitrogen and oxygen atoms in total. The molecule has 1 aromatic heterocycles. The van der Waals surface area contributed by atoms with Crippen molar-refractivity contribution in [3.8, 4) is 0 Å². The normalized spacial score (nSPS) is 32.4. The number of hydroxylamine groups is 2. The van der Waals surface area contributed by atoms with E-state index in [1.165, 1.54) is 0 Å². The van der Waals surface area contributed by atoms with Gasteiger partial charge in [-0.25, -0.2) is 13.8 Å². The van der Waals surface area contributed by atoms with Gasteiger partial charge >= 0.3 is 11.6 Å². The summed E-state index contributed by atoms with van der Waals surface area (Å²) in [6.45, 7) is 3.46. The molecule has 0 radical (unpaired) electrons. The van der Waals surface area contributed by atoms with E-state index in [4.69, 9.17) is 4.74 Å². The fourth-order valence-corrected chi connectivity index (χ4v) is 3.34. The molecule has 1 aromatic rings. The lowest BCUT2D eigenvalue weighted by atomic mass is 9.97. The van der Waals surface area contributed by atoms with Gasteiger partial charge in [0.05, 0.1) is 6.61 Å². The number of aromatic amines is 1. The third kappa shape index (κ3) is 3.54.